The molecule has 3 atom stereocenters. The highest BCUT2D eigenvalue weighted by Crippen LogP contribution is 2.07. The van der Waals surface area contributed by atoms with Crippen molar-refractivity contribution in [1.29, 1.82) is 0 Å². The minimum atomic E-state index is -1.15. The summed E-state index contributed by atoms with van der Waals surface area (Å²) in [5, 5.41) is 16.6. The fraction of sp³-hybridized carbons (Fsp3) is 0.722. The zero-order valence-electron chi connectivity index (χ0n) is 17.6. The first-order valence-electron chi connectivity index (χ1n) is 9.60. The first-order valence-corrected chi connectivity index (χ1v) is 11.0. The lowest BCUT2D eigenvalue weighted by molar-refractivity contribution is -0.142. The Bertz CT molecular complexity index is 616. The van der Waals surface area contributed by atoms with Crippen molar-refractivity contribution in [2.75, 3.05) is 18.6 Å². The lowest BCUT2D eigenvalue weighted by Crippen LogP contribution is -2.54. The number of thioether (sulfide) groups is 1. The van der Waals surface area contributed by atoms with Crippen LogP contribution in [0, 0.1) is 5.92 Å². The van der Waals surface area contributed by atoms with Crippen LogP contribution in [0.5, 0.6) is 0 Å². The number of carboxylic acids is 1. The number of hydrogen-bond acceptors (Lipinski definition) is 7. The van der Waals surface area contributed by atoms with Gasteiger partial charge in [-0.05, 0) is 37.2 Å². The van der Waals surface area contributed by atoms with Crippen LogP contribution in [0.3, 0.4) is 0 Å². The van der Waals surface area contributed by atoms with Crippen molar-refractivity contribution in [2.24, 2.45) is 17.4 Å². The van der Waals surface area contributed by atoms with E-state index in [0.29, 0.717) is 12.2 Å². The van der Waals surface area contributed by atoms with E-state index >= 15 is 0 Å². The SMILES string of the molecule is CSCCC(NC(=O)C(CC(C)C)NC(=O)CNC(=O)C(N)CCC(N)=O)C(=O)O. The number of rotatable bonds is 15. The van der Waals surface area contributed by atoms with E-state index in [0.717, 1.165) is 0 Å². The van der Waals surface area contributed by atoms with E-state index in [1.54, 1.807) is 0 Å². The molecule has 11 nitrogen and oxygen atoms in total. The molecule has 0 aliphatic rings. The van der Waals surface area contributed by atoms with Gasteiger partial charge in [-0.2, -0.15) is 11.8 Å². The third-order valence-corrected chi connectivity index (χ3v) is 4.69. The largest absolute Gasteiger partial charge is 0.480 e. The van der Waals surface area contributed by atoms with Crippen molar-refractivity contribution in [3.8, 4) is 0 Å². The molecule has 0 bridgehead atoms. The molecule has 3 unspecified atom stereocenters. The Hall–Kier alpha value is -2.34. The van der Waals surface area contributed by atoms with Crippen LogP contribution in [0.4, 0.5) is 0 Å². The minimum absolute atomic E-state index is 0.0485. The second kappa shape index (κ2) is 14.6. The number of aliphatic carboxylic acids is 1. The molecule has 0 aliphatic heterocycles. The predicted octanol–water partition coefficient (Wildman–Crippen LogP) is -1.45. The van der Waals surface area contributed by atoms with Gasteiger partial charge in [-0.15, -0.1) is 0 Å². The molecular formula is C18H33N5O6S. The summed E-state index contributed by atoms with van der Waals surface area (Å²) in [6, 6.07) is -3.00. The number of carbonyl (C=O) groups is 5. The molecule has 0 aromatic rings. The molecule has 0 aromatic carbocycles. The van der Waals surface area contributed by atoms with Crippen molar-refractivity contribution in [3.05, 3.63) is 0 Å². The Morgan fingerprint density at radius 1 is 1.00 bits per heavy atom. The lowest BCUT2D eigenvalue weighted by atomic mass is 10.0. The van der Waals surface area contributed by atoms with Gasteiger partial charge >= 0.3 is 5.97 Å². The Morgan fingerprint density at radius 2 is 1.63 bits per heavy atom. The van der Waals surface area contributed by atoms with Gasteiger partial charge in [0, 0.05) is 6.42 Å². The summed E-state index contributed by atoms with van der Waals surface area (Å²) in [7, 11) is 0. The monoisotopic (exact) mass is 447 g/mol. The number of amides is 4. The maximum atomic E-state index is 12.5. The zero-order valence-corrected chi connectivity index (χ0v) is 18.4. The number of hydrogen-bond donors (Lipinski definition) is 6. The van der Waals surface area contributed by atoms with E-state index in [-0.39, 0.29) is 25.2 Å². The van der Waals surface area contributed by atoms with Gasteiger partial charge in [0.25, 0.3) is 0 Å². The summed E-state index contributed by atoms with van der Waals surface area (Å²) in [4.78, 5) is 58.7. The van der Waals surface area contributed by atoms with E-state index in [9.17, 15) is 29.1 Å². The highest BCUT2D eigenvalue weighted by Gasteiger charge is 2.27. The van der Waals surface area contributed by atoms with E-state index in [2.05, 4.69) is 16.0 Å². The van der Waals surface area contributed by atoms with Gasteiger partial charge in [-0.3, -0.25) is 19.2 Å². The van der Waals surface area contributed by atoms with Crippen LogP contribution in [-0.4, -0.2) is 71.4 Å². The van der Waals surface area contributed by atoms with Gasteiger partial charge in [0.2, 0.25) is 23.6 Å². The van der Waals surface area contributed by atoms with Crippen molar-refractivity contribution in [2.45, 2.75) is 57.7 Å². The molecule has 0 fully saturated rings. The number of carboxylic acid groups (broad SMARTS) is 1. The van der Waals surface area contributed by atoms with Gasteiger partial charge in [0.05, 0.1) is 12.6 Å². The highest BCUT2D eigenvalue weighted by molar-refractivity contribution is 7.98. The summed E-state index contributed by atoms with van der Waals surface area (Å²) < 4.78 is 0. The molecule has 0 rings (SSSR count). The van der Waals surface area contributed by atoms with E-state index in [1.165, 1.54) is 11.8 Å². The van der Waals surface area contributed by atoms with Gasteiger partial charge < -0.3 is 32.5 Å². The Kier molecular flexibility index (Phi) is 13.5. The second-order valence-electron chi connectivity index (χ2n) is 7.26. The molecule has 12 heteroatoms. The molecule has 0 heterocycles. The molecule has 4 amide bonds. The highest BCUT2D eigenvalue weighted by atomic mass is 32.2. The van der Waals surface area contributed by atoms with Gasteiger partial charge in [-0.25, -0.2) is 4.79 Å². The van der Waals surface area contributed by atoms with Crippen molar-refractivity contribution in [3.63, 3.8) is 0 Å². The van der Waals surface area contributed by atoms with E-state index < -0.39 is 54.3 Å². The summed E-state index contributed by atoms with van der Waals surface area (Å²) >= 11 is 1.46. The Morgan fingerprint density at radius 3 is 2.13 bits per heavy atom. The molecule has 172 valence electrons. The smallest absolute Gasteiger partial charge is 0.326 e. The second-order valence-corrected chi connectivity index (χ2v) is 8.25. The van der Waals surface area contributed by atoms with Crippen LogP contribution >= 0.6 is 11.8 Å². The van der Waals surface area contributed by atoms with Crippen LogP contribution in [-0.2, 0) is 24.0 Å². The molecule has 0 aliphatic carbocycles. The number of nitrogens with one attached hydrogen (secondary N) is 3. The topological polar surface area (TPSA) is 194 Å². The Labute approximate surface area is 180 Å². The van der Waals surface area contributed by atoms with E-state index in [4.69, 9.17) is 11.5 Å². The normalized spacial score (nSPS) is 13.8. The number of nitrogens with two attached hydrogens (primary N) is 2. The van der Waals surface area contributed by atoms with E-state index in [1.807, 2.05) is 20.1 Å². The average Bonchev–Trinajstić information content (AvgIpc) is 2.65. The summed E-state index contributed by atoms with van der Waals surface area (Å²) in [5.74, 6) is -2.98. The van der Waals surface area contributed by atoms with Gasteiger partial charge in [0.15, 0.2) is 0 Å². The average molecular weight is 448 g/mol. The van der Waals surface area contributed by atoms with Crippen molar-refractivity contribution < 1.29 is 29.1 Å². The molecule has 0 saturated carbocycles. The lowest BCUT2D eigenvalue weighted by Gasteiger charge is -2.23. The van der Waals surface area contributed by atoms with Crippen LogP contribution in [0.1, 0.15) is 39.5 Å². The molecule has 0 saturated heterocycles. The molecule has 30 heavy (non-hydrogen) atoms. The maximum absolute atomic E-state index is 12.5. The first-order chi connectivity index (χ1) is 14.0. The predicted molar refractivity (Wildman–Crippen MR) is 113 cm³/mol. The third kappa shape index (κ3) is 12.3. The molecule has 0 aromatic heterocycles. The zero-order chi connectivity index (χ0) is 23.3. The molecule has 8 N–H and O–H groups in total. The summed E-state index contributed by atoms with van der Waals surface area (Å²) in [6.45, 7) is 3.29. The summed E-state index contributed by atoms with van der Waals surface area (Å²) in [6.07, 6.45) is 2.37. The fourth-order valence-electron chi connectivity index (χ4n) is 2.44. The van der Waals surface area contributed by atoms with Gasteiger partial charge in [-0.1, -0.05) is 13.8 Å². The molecule has 0 spiro atoms. The Balaban J connectivity index is 4.81. The van der Waals surface area contributed by atoms with Crippen molar-refractivity contribution in [1.82, 2.24) is 16.0 Å². The maximum Gasteiger partial charge on any atom is 0.326 e. The first kappa shape index (κ1) is 27.7. The van der Waals surface area contributed by atoms with Crippen LogP contribution in [0.25, 0.3) is 0 Å². The third-order valence-electron chi connectivity index (χ3n) is 4.05. The van der Waals surface area contributed by atoms with Crippen LogP contribution in [0.15, 0.2) is 0 Å². The standard InChI is InChI=1S/C18H33N5O6S/c1-10(2)8-13(17(27)23-12(18(28)29)6-7-30-3)22-15(25)9-21-16(26)11(19)4-5-14(20)24/h10-13H,4-9,19H2,1-3H3,(H2,20,24)(H,21,26)(H,22,25)(H,23,27)(H,28,29). The minimum Gasteiger partial charge on any atom is -0.480 e. The quantitative estimate of drug-likeness (QED) is 0.175. The number of carbonyl (C=O) groups excluding carboxylic acids is 4. The fourth-order valence-corrected chi connectivity index (χ4v) is 2.91. The summed E-state index contributed by atoms with van der Waals surface area (Å²) in [5.41, 5.74) is 10.6. The van der Waals surface area contributed by atoms with Gasteiger partial charge in [0.1, 0.15) is 12.1 Å². The molecular weight excluding hydrogens is 414 g/mol. The molecule has 0 radical (unpaired) electrons. The van der Waals surface area contributed by atoms with Crippen LogP contribution < -0.4 is 27.4 Å². The number of primary amides is 1. The van der Waals surface area contributed by atoms with Crippen LogP contribution in [0.2, 0.25) is 0 Å². The van der Waals surface area contributed by atoms with Crippen molar-refractivity contribution >= 4 is 41.4 Å².